The first kappa shape index (κ1) is 22.4. The summed E-state index contributed by atoms with van der Waals surface area (Å²) in [5.74, 6) is 0.405. The fraction of sp³-hybridized carbons (Fsp3) is 0.560. The van der Waals surface area contributed by atoms with E-state index in [4.69, 9.17) is 4.74 Å². The first-order chi connectivity index (χ1) is 13.4. The van der Waals surface area contributed by atoms with Crippen LogP contribution in [-0.4, -0.2) is 29.1 Å². The van der Waals surface area contributed by atoms with E-state index < -0.39 is 5.60 Å². The molecule has 0 aromatic heterocycles. The van der Waals surface area contributed by atoms with Gasteiger partial charge in [-0.2, -0.15) is 0 Å². The Morgan fingerprint density at radius 3 is 2.57 bits per heavy atom. The lowest BCUT2D eigenvalue weighted by atomic mass is 9.97. The molecule has 2 rings (SSSR count). The number of esters is 1. The average molecular weight is 384 g/mol. The largest absolute Gasteiger partial charge is 0.460 e. The van der Waals surface area contributed by atoms with Crippen molar-refractivity contribution in [2.45, 2.75) is 78.0 Å². The van der Waals surface area contributed by atoms with Crippen LogP contribution in [0.4, 0.5) is 0 Å². The minimum absolute atomic E-state index is 0.0919. The highest BCUT2D eigenvalue weighted by Gasteiger charge is 2.26. The molecule has 3 nitrogen and oxygen atoms in total. The minimum Gasteiger partial charge on any atom is -0.460 e. The smallest absolute Gasteiger partial charge is 0.307 e. The van der Waals surface area contributed by atoms with Gasteiger partial charge in [0.25, 0.3) is 0 Å². The third-order valence-corrected chi connectivity index (χ3v) is 5.00. The molecule has 0 aliphatic heterocycles. The van der Waals surface area contributed by atoms with Crippen LogP contribution in [0.15, 0.2) is 54.6 Å². The maximum absolute atomic E-state index is 12.6. The molecular weight excluding hydrogens is 346 g/mol. The first-order valence-electron chi connectivity index (χ1n) is 10.7. The zero-order chi connectivity index (χ0) is 20.4. The van der Waals surface area contributed by atoms with Crippen LogP contribution in [0.5, 0.6) is 0 Å². The fourth-order valence-electron chi connectivity index (χ4n) is 3.66. The van der Waals surface area contributed by atoms with Crippen molar-refractivity contribution in [1.29, 1.82) is 0 Å². The second-order valence-electron chi connectivity index (χ2n) is 8.81. The molecule has 1 aliphatic carbocycles. The molecule has 3 heteroatoms. The Hall–Kier alpha value is -1.87. The Balaban J connectivity index is 2.15. The van der Waals surface area contributed by atoms with Gasteiger partial charge in [-0.25, -0.2) is 0 Å². The molecule has 1 aliphatic rings. The number of hydrogen-bond donors (Lipinski definition) is 0. The summed E-state index contributed by atoms with van der Waals surface area (Å²) >= 11 is 0. The zero-order valence-electron chi connectivity index (χ0n) is 18.1. The van der Waals surface area contributed by atoms with Gasteiger partial charge in [0.05, 0.1) is 6.42 Å². The molecule has 0 amide bonds. The second-order valence-corrected chi connectivity index (χ2v) is 8.81. The van der Waals surface area contributed by atoms with Gasteiger partial charge in [0.2, 0.25) is 0 Å². The van der Waals surface area contributed by atoms with Gasteiger partial charge in [0.15, 0.2) is 0 Å². The van der Waals surface area contributed by atoms with Crippen molar-refractivity contribution in [2.75, 3.05) is 6.54 Å². The number of hydrogen-bond acceptors (Lipinski definition) is 3. The predicted molar refractivity (Wildman–Crippen MR) is 117 cm³/mol. The highest BCUT2D eigenvalue weighted by molar-refractivity contribution is 5.70. The summed E-state index contributed by atoms with van der Waals surface area (Å²) in [5, 5.41) is 0. The monoisotopic (exact) mass is 383 g/mol. The summed E-state index contributed by atoms with van der Waals surface area (Å²) in [7, 11) is 0. The Morgan fingerprint density at radius 1 is 1.21 bits per heavy atom. The maximum atomic E-state index is 12.6. The van der Waals surface area contributed by atoms with Gasteiger partial charge < -0.3 is 4.74 Å². The van der Waals surface area contributed by atoms with Crippen molar-refractivity contribution in [2.24, 2.45) is 5.92 Å². The van der Waals surface area contributed by atoms with E-state index in [9.17, 15) is 4.79 Å². The normalized spacial score (nSPS) is 17.7. The molecule has 0 fully saturated rings. The molecule has 0 spiro atoms. The fourth-order valence-corrected chi connectivity index (χ4v) is 3.66. The van der Waals surface area contributed by atoms with E-state index in [1.807, 2.05) is 20.8 Å². The quantitative estimate of drug-likeness (QED) is 0.470. The molecule has 0 radical (unpaired) electrons. The summed E-state index contributed by atoms with van der Waals surface area (Å²) in [6.45, 7) is 9.85. The molecule has 1 aromatic rings. The number of nitrogens with zero attached hydrogens (tertiary/aromatic N) is 1. The lowest BCUT2D eigenvalue weighted by Crippen LogP contribution is -2.40. The second kappa shape index (κ2) is 11.2. The third kappa shape index (κ3) is 8.43. The van der Waals surface area contributed by atoms with Gasteiger partial charge in [-0.05, 0) is 45.1 Å². The highest BCUT2D eigenvalue weighted by atomic mass is 16.6. The van der Waals surface area contributed by atoms with Gasteiger partial charge >= 0.3 is 5.97 Å². The van der Waals surface area contributed by atoms with E-state index in [1.54, 1.807) is 0 Å². The Labute approximate surface area is 171 Å². The van der Waals surface area contributed by atoms with Crippen molar-refractivity contribution in [1.82, 2.24) is 4.90 Å². The molecule has 1 aromatic carbocycles. The molecule has 0 heterocycles. The van der Waals surface area contributed by atoms with Gasteiger partial charge in [-0.15, -0.1) is 0 Å². The lowest BCUT2D eigenvalue weighted by Gasteiger charge is -2.34. The van der Waals surface area contributed by atoms with E-state index in [0.29, 0.717) is 12.3 Å². The van der Waals surface area contributed by atoms with E-state index in [-0.39, 0.29) is 12.0 Å². The van der Waals surface area contributed by atoms with Gasteiger partial charge in [-0.1, -0.05) is 74.4 Å². The van der Waals surface area contributed by atoms with Crippen molar-refractivity contribution in [3.63, 3.8) is 0 Å². The van der Waals surface area contributed by atoms with Crippen LogP contribution >= 0.6 is 0 Å². The molecular formula is C25H37NO2. The average Bonchev–Trinajstić information content (AvgIpc) is 2.65. The van der Waals surface area contributed by atoms with E-state index in [0.717, 1.165) is 38.8 Å². The van der Waals surface area contributed by atoms with E-state index >= 15 is 0 Å². The molecule has 0 saturated heterocycles. The minimum atomic E-state index is -0.437. The number of carbonyl (C=O) groups excluding carboxylic acids is 1. The molecule has 0 saturated carbocycles. The SMILES string of the molecule is CCCC[C@@H](CC(=O)OC(C)(C)C)N(Cc1ccccc1)CC1C=CC=CC1. The molecule has 2 atom stereocenters. The van der Waals surface area contributed by atoms with E-state index in [1.165, 1.54) is 5.56 Å². The van der Waals surface area contributed by atoms with Crippen LogP contribution in [0, 0.1) is 5.92 Å². The van der Waals surface area contributed by atoms with Crippen LogP contribution in [-0.2, 0) is 16.1 Å². The first-order valence-corrected chi connectivity index (χ1v) is 10.7. The van der Waals surface area contributed by atoms with Crippen molar-refractivity contribution < 1.29 is 9.53 Å². The number of allylic oxidation sites excluding steroid dienone is 3. The topological polar surface area (TPSA) is 29.5 Å². The molecule has 0 bridgehead atoms. The van der Waals surface area contributed by atoms with Gasteiger partial charge in [0.1, 0.15) is 5.60 Å². The van der Waals surface area contributed by atoms with Crippen molar-refractivity contribution in [3.8, 4) is 0 Å². The molecule has 154 valence electrons. The number of benzene rings is 1. The van der Waals surface area contributed by atoms with Crippen LogP contribution in [0.3, 0.4) is 0 Å². The summed E-state index contributed by atoms with van der Waals surface area (Å²) < 4.78 is 5.65. The number of ether oxygens (including phenoxy) is 1. The van der Waals surface area contributed by atoms with Crippen LogP contribution in [0.1, 0.15) is 65.4 Å². The summed E-state index contributed by atoms with van der Waals surface area (Å²) in [4.78, 5) is 15.1. The number of unbranched alkanes of at least 4 members (excludes halogenated alkanes) is 1. The van der Waals surface area contributed by atoms with Crippen molar-refractivity contribution >= 4 is 5.97 Å². The van der Waals surface area contributed by atoms with Crippen LogP contribution in [0.2, 0.25) is 0 Å². The summed E-state index contributed by atoms with van der Waals surface area (Å²) in [6.07, 6.45) is 13.6. The van der Waals surface area contributed by atoms with Crippen molar-refractivity contribution in [3.05, 3.63) is 60.2 Å². The Morgan fingerprint density at radius 2 is 1.96 bits per heavy atom. The van der Waals surface area contributed by atoms with E-state index in [2.05, 4.69) is 66.5 Å². The third-order valence-electron chi connectivity index (χ3n) is 5.00. The summed E-state index contributed by atoms with van der Waals surface area (Å²) in [6, 6.07) is 10.8. The lowest BCUT2D eigenvalue weighted by molar-refractivity contribution is -0.156. The summed E-state index contributed by atoms with van der Waals surface area (Å²) in [5.41, 5.74) is 0.858. The number of rotatable bonds is 10. The Bertz CT molecular complexity index is 642. The van der Waals surface area contributed by atoms with Gasteiger partial charge in [0, 0.05) is 19.1 Å². The number of carbonyl (C=O) groups is 1. The molecule has 28 heavy (non-hydrogen) atoms. The van der Waals surface area contributed by atoms with Crippen LogP contribution in [0.25, 0.3) is 0 Å². The zero-order valence-corrected chi connectivity index (χ0v) is 18.1. The standard InChI is InChI=1S/C25H37NO2/c1-5-6-17-23(18-24(27)28-25(2,3)4)26(19-21-13-9-7-10-14-21)20-22-15-11-8-12-16-22/h7-15,22-23H,5-6,16-20H2,1-4H3/t22?,23-/m0/s1. The van der Waals surface area contributed by atoms with Gasteiger partial charge in [-0.3, -0.25) is 9.69 Å². The van der Waals surface area contributed by atoms with Crippen LogP contribution < -0.4 is 0 Å². The molecule has 0 N–H and O–H groups in total. The molecule has 1 unspecified atom stereocenters. The maximum Gasteiger partial charge on any atom is 0.307 e. The highest BCUT2D eigenvalue weighted by Crippen LogP contribution is 2.23. The Kier molecular flexibility index (Phi) is 8.98. The predicted octanol–water partition coefficient (Wildman–Crippen LogP) is 5.91.